The Kier molecular flexibility index (Phi) is 5.58. The zero-order valence-corrected chi connectivity index (χ0v) is 12.1. The van der Waals surface area contributed by atoms with Crippen molar-refractivity contribution in [3.63, 3.8) is 0 Å². The average Bonchev–Trinajstić information content (AvgIpc) is 2.48. The van der Waals surface area contributed by atoms with Crippen molar-refractivity contribution in [2.24, 2.45) is 0 Å². The maximum absolute atomic E-state index is 13.9. The highest BCUT2D eigenvalue weighted by Crippen LogP contribution is 2.20. The second-order valence-electron chi connectivity index (χ2n) is 4.90. The minimum Gasteiger partial charge on any atom is -0.508 e. The van der Waals surface area contributed by atoms with E-state index < -0.39 is 0 Å². The second-order valence-corrected chi connectivity index (χ2v) is 4.90. The van der Waals surface area contributed by atoms with Gasteiger partial charge in [-0.05, 0) is 48.4 Å². The van der Waals surface area contributed by atoms with E-state index in [1.165, 1.54) is 6.07 Å². The molecule has 0 aliphatic carbocycles. The summed E-state index contributed by atoms with van der Waals surface area (Å²) in [5.74, 6) is 0.0840. The van der Waals surface area contributed by atoms with Crippen molar-refractivity contribution in [1.82, 2.24) is 5.32 Å². The van der Waals surface area contributed by atoms with Gasteiger partial charge in [0.2, 0.25) is 0 Å². The minimum absolute atomic E-state index is 0.203. The number of hydrogen-bond acceptors (Lipinski definition) is 3. The number of phenols is 1. The quantitative estimate of drug-likeness (QED) is 0.765. The monoisotopic (exact) mass is 289 g/mol. The standard InChI is InChI=1S/C17H20FNO2/c1-2-9-19-11-14-5-8-17(16(18)10-14)21-12-13-3-6-15(20)7-4-13/h3-8,10,19-20H,2,9,11-12H2,1H3. The van der Waals surface area contributed by atoms with Crippen molar-refractivity contribution in [2.45, 2.75) is 26.5 Å². The van der Waals surface area contributed by atoms with E-state index in [0.29, 0.717) is 6.54 Å². The Morgan fingerprint density at radius 2 is 1.81 bits per heavy atom. The van der Waals surface area contributed by atoms with Crippen molar-refractivity contribution in [3.05, 3.63) is 59.4 Å². The molecule has 0 fully saturated rings. The summed E-state index contributed by atoms with van der Waals surface area (Å²) in [6.45, 7) is 3.93. The van der Waals surface area contributed by atoms with E-state index in [1.54, 1.807) is 30.3 Å². The lowest BCUT2D eigenvalue weighted by Crippen LogP contribution is -2.13. The van der Waals surface area contributed by atoms with Gasteiger partial charge in [0.1, 0.15) is 12.4 Å². The van der Waals surface area contributed by atoms with Crippen LogP contribution in [0.1, 0.15) is 24.5 Å². The predicted octanol–water partition coefficient (Wildman–Crippen LogP) is 3.61. The fraction of sp³-hybridized carbons (Fsp3) is 0.294. The lowest BCUT2D eigenvalue weighted by atomic mass is 10.2. The van der Waals surface area contributed by atoms with Gasteiger partial charge in [-0.15, -0.1) is 0 Å². The van der Waals surface area contributed by atoms with Gasteiger partial charge in [-0.2, -0.15) is 0 Å². The first-order valence-corrected chi connectivity index (χ1v) is 7.09. The van der Waals surface area contributed by atoms with E-state index in [1.807, 2.05) is 6.07 Å². The van der Waals surface area contributed by atoms with Crippen LogP contribution in [0.25, 0.3) is 0 Å². The van der Waals surface area contributed by atoms with Gasteiger partial charge in [0.15, 0.2) is 11.6 Å². The summed E-state index contributed by atoms with van der Waals surface area (Å²) in [5, 5.41) is 12.4. The summed E-state index contributed by atoms with van der Waals surface area (Å²) in [7, 11) is 0. The van der Waals surface area contributed by atoms with Gasteiger partial charge < -0.3 is 15.2 Å². The van der Waals surface area contributed by atoms with Crippen molar-refractivity contribution in [2.75, 3.05) is 6.54 Å². The summed E-state index contributed by atoms with van der Waals surface area (Å²) >= 11 is 0. The Morgan fingerprint density at radius 3 is 2.48 bits per heavy atom. The molecule has 0 unspecified atom stereocenters. The Bertz CT molecular complexity index is 570. The van der Waals surface area contributed by atoms with E-state index in [-0.39, 0.29) is 23.9 Å². The average molecular weight is 289 g/mol. The summed E-state index contributed by atoms with van der Waals surface area (Å²) in [6, 6.07) is 11.7. The Morgan fingerprint density at radius 1 is 1.10 bits per heavy atom. The van der Waals surface area contributed by atoms with E-state index in [0.717, 1.165) is 24.1 Å². The molecule has 2 aromatic carbocycles. The molecule has 2 aromatic rings. The van der Waals surface area contributed by atoms with Gasteiger partial charge in [-0.1, -0.05) is 25.1 Å². The molecular formula is C17H20FNO2. The normalized spacial score (nSPS) is 10.6. The molecule has 0 aliphatic rings. The molecule has 0 saturated heterocycles. The fourth-order valence-electron chi connectivity index (χ4n) is 1.93. The minimum atomic E-state index is -0.357. The second kappa shape index (κ2) is 7.64. The zero-order chi connectivity index (χ0) is 15.1. The Hall–Kier alpha value is -2.07. The van der Waals surface area contributed by atoms with E-state index in [4.69, 9.17) is 4.74 Å². The lowest BCUT2D eigenvalue weighted by molar-refractivity contribution is 0.290. The van der Waals surface area contributed by atoms with E-state index >= 15 is 0 Å². The molecule has 0 spiro atoms. The molecule has 2 N–H and O–H groups in total. The number of aromatic hydroxyl groups is 1. The first-order chi connectivity index (χ1) is 10.2. The number of halogens is 1. The third kappa shape index (κ3) is 4.76. The van der Waals surface area contributed by atoms with Crippen LogP contribution in [0.3, 0.4) is 0 Å². The van der Waals surface area contributed by atoms with Gasteiger partial charge in [0.25, 0.3) is 0 Å². The third-order valence-electron chi connectivity index (χ3n) is 3.08. The number of phenolic OH excluding ortho intramolecular Hbond substituents is 1. The zero-order valence-electron chi connectivity index (χ0n) is 12.1. The Balaban J connectivity index is 1.92. The molecule has 3 nitrogen and oxygen atoms in total. The molecule has 0 radical (unpaired) electrons. The van der Waals surface area contributed by atoms with Gasteiger partial charge >= 0.3 is 0 Å². The van der Waals surface area contributed by atoms with Crippen LogP contribution in [-0.4, -0.2) is 11.7 Å². The maximum atomic E-state index is 13.9. The van der Waals surface area contributed by atoms with Crippen molar-refractivity contribution >= 4 is 0 Å². The lowest BCUT2D eigenvalue weighted by Gasteiger charge is -2.09. The molecular weight excluding hydrogens is 269 g/mol. The smallest absolute Gasteiger partial charge is 0.165 e. The van der Waals surface area contributed by atoms with E-state index in [9.17, 15) is 9.50 Å². The van der Waals surface area contributed by atoms with Gasteiger partial charge in [-0.3, -0.25) is 0 Å². The van der Waals surface area contributed by atoms with Crippen molar-refractivity contribution in [1.29, 1.82) is 0 Å². The third-order valence-corrected chi connectivity index (χ3v) is 3.08. The van der Waals surface area contributed by atoms with E-state index in [2.05, 4.69) is 12.2 Å². The van der Waals surface area contributed by atoms with Crippen LogP contribution in [0, 0.1) is 5.82 Å². The van der Waals surface area contributed by atoms with Crippen LogP contribution >= 0.6 is 0 Å². The molecule has 0 atom stereocenters. The molecule has 0 amide bonds. The highest BCUT2D eigenvalue weighted by molar-refractivity contribution is 5.30. The molecule has 0 saturated carbocycles. The molecule has 0 aliphatic heterocycles. The summed E-state index contributed by atoms with van der Waals surface area (Å²) in [4.78, 5) is 0. The van der Waals surface area contributed by atoms with Gasteiger partial charge in [0.05, 0.1) is 0 Å². The molecule has 112 valence electrons. The molecule has 0 heterocycles. The van der Waals surface area contributed by atoms with Gasteiger partial charge in [0, 0.05) is 6.54 Å². The maximum Gasteiger partial charge on any atom is 0.165 e. The van der Waals surface area contributed by atoms with Crippen LogP contribution < -0.4 is 10.1 Å². The summed E-state index contributed by atoms with van der Waals surface area (Å²) in [6.07, 6.45) is 1.05. The van der Waals surface area contributed by atoms with Crippen LogP contribution in [0.4, 0.5) is 4.39 Å². The number of hydrogen-bond donors (Lipinski definition) is 2. The van der Waals surface area contributed by atoms with Crippen LogP contribution in [-0.2, 0) is 13.2 Å². The SMILES string of the molecule is CCCNCc1ccc(OCc2ccc(O)cc2)c(F)c1. The fourth-order valence-corrected chi connectivity index (χ4v) is 1.93. The van der Waals surface area contributed by atoms with Gasteiger partial charge in [-0.25, -0.2) is 4.39 Å². The highest BCUT2D eigenvalue weighted by Gasteiger charge is 2.05. The summed E-state index contributed by atoms with van der Waals surface area (Å²) < 4.78 is 19.4. The van der Waals surface area contributed by atoms with Crippen molar-refractivity contribution in [3.8, 4) is 11.5 Å². The van der Waals surface area contributed by atoms with Crippen molar-refractivity contribution < 1.29 is 14.2 Å². The number of rotatable bonds is 7. The molecule has 2 rings (SSSR count). The van der Waals surface area contributed by atoms with Crippen LogP contribution in [0.5, 0.6) is 11.5 Å². The summed E-state index contributed by atoms with van der Waals surface area (Å²) in [5.41, 5.74) is 1.78. The number of nitrogens with one attached hydrogen (secondary N) is 1. The largest absolute Gasteiger partial charge is 0.508 e. The first kappa shape index (κ1) is 15.3. The number of benzene rings is 2. The topological polar surface area (TPSA) is 41.5 Å². The number of ether oxygens (including phenoxy) is 1. The van der Waals surface area contributed by atoms with Crippen LogP contribution in [0.2, 0.25) is 0 Å². The molecule has 0 bridgehead atoms. The Labute approximate surface area is 124 Å². The predicted molar refractivity (Wildman–Crippen MR) is 80.8 cm³/mol. The molecule has 0 aromatic heterocycles. The van der Waals surface area contributed by atoms with Crippen LogP contribution in [0.15, 0.2) is 42.5 Å². The highest BCUT2D eigenvalue weighted by atomic mass is 19.1. The first-order valence-electron chi connectivity index (χ1n) is 7.09. The molecule has 21 heavy (non-hydrogen) atoms. The molecule has 4 heteroatoms.